The number of amides is 2. The summed E-state index contributed by atoms with van der Waals surface area (Å²) in [6.07, 6.45) is 8.17. The van der Waals surface area contributed by atoms with Crippen molar-refractivity contribution in [3.63, 3.8) is 0 Å². The van der Waals surface area contributed by atoms with Gasteiger partial charge in [-0.05, 0) is 50.5 Å². The lowest BCUT2D eigenvalue weighted by molar-refractivity contribution is 0.236. The van der Waals surface area contributed by atoms with Crippen LogP contribution in [-0.2, 0) is 0 Å². The Balaban J connectivity index is 1.30. The summed E-state index contributed by atoms with van der Waals surface area (Å²) < 4.78 is 0. The summed E-state index contributed by atoms with van der Waals surface area (Å²) in [5.74, 6) is 1.85. The SMILES string of the molecule is O=C(NCCC1=CCNCC1)NC1CC2CC2C1. The monoisotopic (exact) mass is 249 g/mol. The Labute approximate surface area is 109 Å². The molecule has 100 valence electrons. The van der Waals surface area contributed by atoms with Gasteiger partial charge in [0.05, 0.1) is 0 Å². The van der Waals surface area contributed by atoms with Crippen LogP contribution in [0, 0.1) is 11.8 Å². The van der Waals surface area contributed by atoms with E-state index in [1.807, 2.05) is 0 Å². The van der Waals surface area contributed by atoms with Crippen molar-refractivity contribution >= 4 is 6.03 Å². The van der Waals surface area contributed by atoms with Gasteiger partial charge in [-0.2, -0.15) is 0 Å². The zero-order chi connectivity index (χ0) is 12.4. The van der Waals surface area contributed by atoms with Crippen LogP contribution in [-0.4, -0.2) is 31.7 Å². The summed E-state index contributed by atoms with van der Waals surface area (Å²) in [7, 11) is 0. The third-order valence-electron chi connectivity index (χ3n) is 4.47. The fourth-order valence-electron chi connectivity index (χ4n) is 3.30. The predicted octanol–water partition coefficient (Wildman–Crippen LogP) is 1.39. The Morgan fingerprint density at radius 3 is 2.89 bits per heavy atom. The van der Waals surface area contributed by atoms with E-state index in [0.717, 1.165) is 44.3 Å². The standard InChI is InChI=1S/C14H23N3O/c18-14(17-13-8-11-7-12(11)9-13)16-6-3-10-1-4-15-5-2-10/h1,11-13,15H,2-9H2,(H2,16,17,18). The summed E-state index contributed by atoms with van der Waals surface area (Å²) in [6, 6.07) is 0.461. The van der Waals surface area contributed by atoms with E-state index in [1.165, 1.54) is 24.8 Å². The van der Waals surface area contributed by atoms with E-state index >= 15 is 0 Å². The van der Waals surface area contributed by atoms with E-state index in [4.69, 9.17) is 0 Å². The molecule has 3 aliphatic rings. The highest BCUT2D eigenvalue weighted by Gasteiger charge is 2.46. The molecule has 0 spiro atoms. The lowest BCUT2D eigenvalue weighted by Gasteiger charge is -2.16. The topological polar surface area (TPSA) is 53.2 Å². The smallest absolute Gasteiger partial charge is 0.315 e. The van der Waals surface area contributed by atoms with E-state index in [0.29, 0.717) is 6.04 Å². The molecule has 2 atom stereocenters. The Morgan fingerprint density at radius 1 is 1.33 bits per heavy atom. The van der Waals surface area contributed by atoms with Crippen LogP contribution in [0.1, 0.15) is 32.1 Å². The highest BCUT2D eigenvalue weighted by atomic mass is 16.2. The zero-order valence-corrected chi connectivity index (χ0v) is 10.9. The van der Waals surface area contributed by atoms with Gasteiger partial charge in [0.1, 0.15) is 0 Å². The fraction of sp³-hybridized carbons (Fsp3) is 0.786. The van der Waals surface area contributed by atoms with E-state index in [9.17, 15) is 4.79 Å². The van der Waals surface area contributed by atoms with Gasteiger partial charge in [-0.15, -0.1) is 0 Å². The Hall–Kier alpha value is -1.03. The fourth-order valence-corrected chi connectivity index (χ4v) is 3.30. The Morgan fingerprint density at radius 2 is 2.17 bits per heavy atom. The van der Waals surface area contributed by atoms with Crippen molar-refractivity contribution < 1.29 is 4.79 Å². The molecule has 1 aliphatic heterocycles. The molecule has 18 heavy (non-hydrogen) atoms. The molecule has 2 aliphatic carbocycles. The van der Waals surface area contributed by atoms with Gasteiger partial charge < -0.3 is 16.0 Å². The molecule has 0 radical (unpaired) electrons. The van der Waals surface area contributed by atoms with E-state index in [-0.39, 0.29) is 6.03 Å². The van der Waals surface area contributed by atoms with Crippen molar-refractivity contribution in [1.29, 1.82) is 0 Å². The van der Waals surface area contributed by atoms with Gasteiger partial charge in [0.2, 0.25) is 0 Å². The molecule has 2 saturated carbocycles. The molecule has 0 saturated heterocycles. The van der Waals surface area contributed by atoms with Crippen LogP contribution in [0.3, 0.4) is 0 Å². The molecule has 2 fully saturated rings. The van der Waals surface area contributed by atoms with E-state index in [1.54, 1.807) is 0 Å². The molecule has 0 aromatic carbocycles. The second kappa shape index (κ2) is 5.31. The second-order valence-electron chi connectivity index (χ2n) is 5.89. The zero-order valence-electron chi connectivity index (χ0n) is 10.9. The number of hydrogen-bond acceptors (Lipinski definition) is 2. The van der Waals surface area contributed by atoms with Gasteiger partial charge in [0.25, 0.3) is 0 Å². The maximum Gasteiger partial charge on any atom is 0.315 e. The lowest BCUT2D eigenvalue weighted by Crippen LogP contribution is -2.41. The van der Waals surface area contributed by atoms with Crippen molar-refractivity contribution in [3.8, 4) is 0 Å². The van der Waals surface area contributed by atoms with Crippen molar-refractivity contribution in [2.24, 2.45) is 11.8 Å². The van der Waals surface area contributed by atoms with Crippen LogP contribution in [0.25, 0.3) is 0 Å². The summed E-state index contributed by atoms with van der Waals surface area (Å²) in [4.78, 5) is 11.7. The van der Waals surface area contributed by atoms with E-state index < -0.39 is 0 Å². The van der Waals surface area contributed by atoms with Crippen LogP contribution in [0.4, 0.5) is 4.79 Å². The minimum absolute atomic E-state index is 0.0239. The highest BCUT2D eigenvalue weighted by molar-refractivity contribution is 5.74. The highest BCUT2D eigenvalue weighted by Crippen LogP contribution is 2.51. The van der Waals surface area contributed by atoms with Gasteiger partial charge in [-0.25, -0.2) is 4.79 Å². The Kier molecular flexibility index (Phi) is 3.55. The number of carbonyl (C=O) groups is 1. The first-order chi connectivity index (χ1) is 8.81. The van der Waals surface area contributed by atoms with Crippen molar-refractivity contribution in [2.75, 3.05) is 19.6 Å². The third-order valence-corrected chi connectivity index (χ3v) is 4.47. The molecule has 4 nitrogen and oxygen atoms in total. The third kappa shape index (κ3) is 3.05. The lowest BCUT2D eigenvalue weighted by atomic mass is 10.1. The minimum Gasteiger partial charge on any atom is -0.338 e. The van der Waals surface area contributed by atoms with Crippen LogP contribution in [0.15, 0.2) is 11.6 Å². The number of fused-ring (bicyclic) bond motifs is 1. The number of hydrogen-bond donors (Lipinski definition) is 3. The molecule has 1 heterocycles. The first-order valence-corrected chi connectivity index (χ1v) is 7.24. The molecular formula is C14H23N3O. The van der Waals surface area contributed by atoms with Gasteiger partial charge in [-0.3, -0.25) is 0 Å². The normalized spacial score (nSPS) is 33.6. The van der Waals surface area contributed by atoms with Crippen molar-refractivity contribution in [2.45, 2.75) is 38.1 Å². The molecule has 3 N–H and O–H groups in total. The molecular weight excluding hydrogens is 226 g/mol. The predicted molar refractivity (Wildman–Crippen MR) is 71.3 cm³/mol. The summed E-state index contributed by atoms with van der Waals surface area (Å²) >= 11 is 0. The van der Waals surface area contributed by atoms with Crippen LogP contribution >= 0.6 is 0 Å². The molecule has 4 heteroatoms. The molecule has 3 rings (SSSR count). The summed E-state index contributed by atoms with van der Waals surface area (Å²) in [5.41, 5.74) is 1.47. The molecule has 0 aromatic heterocycles. The minimum atomic E-state index is 0.0239. The van der Waals surface area contributed by atoms with Crippen molar-refractivity contribution in [3.05, 3.63) is 11.6 Å². The first-order valence-electron chi connectivity index (χ1n) is 7.24. The van der Waals surface area contributed by atoms with Crippen LogP contribution in [0.5, 0.6) is 0 Å². The molecule has 2 amide bonds. The van der Waals surface area contributed by atoms with Gasteiger partial charge >= 0.3 is 6.03 Å². The maximum absolute atomic E-state index is 11.7. The number of nitrogens with one attached hydrogen (secondary N) is 3. The van der Waals surface area contributed by atoms with E-state index in [2.05, 4.69) is 22.0 Å². The number of urea groups is 1. The quantitative estimate of drug-likeness (QED) is 0.660. The average molecular weight is 249 g/mol. The Bertz CT molecular complexity index is 343. The first kappa shape index (κ1) is 12.0. The summed E-state index contributed by atoms with van der Waals surface area (Å²) in [6.45, 7) is 2.81. The molecule has 0 bridgehead atoms. The number of carbonyl (C=O) groups excluding carboxylic acids is 1. The van der Waals surface area contributed by atoms with Gasteiger partial charge in [0.15, 0.2) is 0 Å². The second-order valence-corrected chi connectivity index (χ2v) is 5.89. The van der Waals surface area contributed by atoms with Crippen molar-refractivity contribution in [1.82, 2.24) is 16.0 Å². The molecule has 2 unspecified atom stereocenters. The molecule has 0 aromatic rings. The van der Waals surface area contributed by atoms with Crippen LogP contribution < -0.4 is 16.0 Å². The number of rotatable bonds is 4. The summed E-state index contributed by atoms with van der Waals surface area (Å²) in [5, 5.41) is 9.37. The van der Waals surface area contributed by atoms with Crippen LogP contribution in [0.2, 0.25) is 0 Å². The largest absolute Gasteiger partial charge is 0.338 e. The van der Waals surface area contributed by atoms with Gasteiger partial charge in [-0.1, -0.05) is 11.6 Å². The maximum atomic E-state index is 11.7. The average Bonchev–Trinajstić information content (AvgIpc) is 2.98. The van der Waals surface area contributed by atoms with Gasteiger partial charge in [0, 0.05) is 19.1 Å².